The highest BCUT2D eigenvalue weighted by molar-refractivity contribution is 5.70. The van der Waals surface area contributed by atoms with Crippen molar-refractivity contribution in [3.63, 3.8) is 0 Å². The van der Waals surface area contributed by atoms with Gasteiger partial charge in [0.25, 0.3) is 0 Å². The van der Waals surface area contributed by atoms with Gasteiger partial charge in [-0.05, 0) is 38.5 Å². The second kappa shape index (κ2) is 50.0. The van der Waals surface area contributed by atoms with Crippen molar-refractivity contribution in [2.75, 3.05) is 13.2 Å². The fourth-order valence-corrected chi connectivity index (χ4v) is 8.08. The summed E-state index contributed by atoms with van der Waals surface area (Å²) >= 11 is 0. The van der Waals surface area contributed by atoms with E-state index in [1.165, 1.54) is 231 Å². The molecule has 0 spiro atoms. The molecule has 0 bridgehead atoms. The van der Waals surface area contributed by atoms with Crippen molar-refractivity contribution in [2.45, 2.75) is 302 Å². The van der Waals surface area contributed by atoms with Gasteiger partial charge in [-0.3, -0.25) is 9.59 Å². The van der Waals surface area contributed by atoms with Crippen LogP contribution in [0.2, 0.25) is 0 Å². The van der Waals surface area contributed by atoms with Gasteiger partial charge in [-0.25, -0.2) is 0 Å². The normalized spacial score (nSPS) is 12.1. The number of aliphatic hydroxyl groups excluding tert-OH is 1. The van der Waals surface area contributed by atoms with Gasteiger partial charge in [0.15, 0.2) is 6.10 Å². The van der Waals surface area contributed by atoms with E-state index in [2.05, 4.69) is 26.0 Å². The molecule has 0 radical (unpaired) electrons. The zero-order valence-corrected chi connectivity index (χ0v) is 39.3. The molecule has 0 rings (SSSR count). The van der Waals surface area contributed by atoms with Crippen molar-refractivity contribution in [1.29, 1.82) is 0 Å². The summed E-state index contributed by atoms with van der Waals surface area (Å²) in [4.78, 5) is 24.2. The Morgan fingerprint density at radius 1 is 0.379 bits per heavy atom. The third kappa shape index (κ3) is 47.3. The molecule has 1 unspecified atom stereocenters. The van der Waals surface area contributed by atoms with Crippen LogP contribution in [0.25, 0.3) is 0 Å². The van der Waals surface area contributed by atoms with E-state index < -0.39 is 6.10 Å². The van der Waals surface area contributed by atoms with Crippen molar-refractivity contribution in [1.82, 2.24) is 0 Å². The number of ether oxygens (including phenoxy) is 2. The monoisotopic (exact) mass is 819 g/mol. The van der Waals surface area contributed by atoms with E-state index >= 15 is 0 Å². The van der Waals surface area contributed by atoms with Crippen molar-refractivity contribution in [3.05, 3.63) is 12.2 Å². The van der Waals surface area contributed by atoms with E-state index in [4.69, 9.17) is 9.47 Å². The lowest BCUT2D eigenvalue weighted by Crippen LogP contribution is -2.28. The van der Waals surface area contributed by atoms with Crippen LogP contribution in [-0.4, -0.2) is 36.4 Å². The molecule has 344 valence electrons. The summed E-state index contributed by atoms with van der Waals surface area (Å²) in [6.07, 6.45) is 60.9. The molecule has 0 aliphatic rings. The first-order chi connectivity index (χ1) is 28.6. The number of aliphatic hydroxyl groups is 1. The number of allylic oxidation sites excluding steroid dienone is 2. The van der Waals surface area contributed by atoms with E-state index in [1.54, 1.807) is 0 Å². The number of carbonyl (C=O) groups is 2. The topological polar surface area (TPSA) is 72.8 Å². The number of hydrogen-bond acceptors (Lipinski definition) is 5. The predicted octanol–water partition coefficient (Wildman–Crippen LogP) is 17.2. The Morgan fingerprint density at radius 3 is 0.931 bits per heavy atom. The van der Waals surface area contributed by atoms with Crippen molar-refractivity contribution in [2.24, 2.45) is 0 Å². The maximum Gasteiger partial charge on any atom is 0.306 e. The van der Waals surface area contributed by atoms with Crippen molar-refractivity contribution in [3.8, 4) is 0 Å². The van der Waals surface area contributed by atoms with Gasteiger partial charge in [-0.2, -0.15) is 0 Å². The van der Waals surface area contributed by atoms with Gasteiger partial charge >= 0.3 is 11.9 Å². The van der Waals surface area contributed by atoms with E-state index in [9.17, 15) is 14.7 Å². The molecular formula is C53H102O5. The smallest absolute Gasteiger partial charge is 0.306 e. The SMILES string of the molecule is CCCCCCCCCC/C=C\CCCCCCCCCCCCCCCCCCCCCCCCCCCC(=O)OC(CO)COC(=O)CCCCCCCCC. The van der Waals surface area contributed by atoms with Gasteiger partial charge in [0.1, 0.15) is 6.61 Å². The fourth-order valence-electron chi connectivity index (χ4n) is 8.08. The Labute approximate surface area is 362 Å². The summed E-state index contributed by atoms with van der Waals surface area (Å²) in [6.45, 7) is 4.12. The second-order valence-electron chi connectivity index (χ2n) is 18.0. The zero-order chi connectivity index (χ0) is 42.1. The lowest BCUT2D eigenvalue weighted by molar-refractivity contribution is -0.161. The zero-order valence-electron chi connectivity index (χ0n) is 39.3. The molecule has 5 heteroatoms. The van der Waals surface area contributed by atoms with Crippen LogP contribution in [0, 0.1) is 0 Å². The Balaban J connectivity index is 3.30. The molecule has 0 saturated carbocycles. The quantitative estimate of drug-likeness (QED) is 0.0376. The Bertz CT molecular complexity index is 840. The molecule has 0 aliphatic carbocycles. The molecule has 0 aromatic heterocycles. The largest absolute Gasteiger partial charge is 0.462 e. The molecule has 0 heterocycles. The van der Waals surface area contributed by atoms with Crippen molar-refractivity contribution >= 4 is 11.9 Å². The molecule has 0 amide bonds. The highest BCUT2D eigenvalue weighted by Crippen LogP contribution is 2.17. The molecule has 1 N–H and O–H groups in total. The number of hydrogen-bond donors (Lipinski definition) is 1. The van der Waals surface area contributed by atoms with E-state index in [0.717, 1.165) is 38.5 Å². The lowest BCUT2D eigenvalue weighted by Gasteiger charge is -2.15. The van der Waals surface area contributed by atoms with Crippen molar-refractivity contribution < 1.29 is 24.2 Å². The standard InChI is InChI=1S/C53H102O5/c1-3-5-7-9-11-12-13-14-15-16-17-18-19-20-21-22-23-24-25-26-27-28-29-30-31-32-33-34-35-36-37-38-39-40-42-44-46-48-53(56)58-51(49-54)50-57-52(55)47-45-43-41-10-8-6-4-2/h16-17,51,54H,3-15,18-50H2,1-2H3/b17-16-. The third-order valence-electron chi connectivity index (χ3n) is 12.1. The summed E-state index contributed by atoms with van der Waals surface area (Å²) in [6, 6.07) is 0. The average Bonchev–Trinajstić information content (AvgIpc) is 3.23. The lowest BCUT2D eigenvalue weighted by atomic mass is 10.0. The second-order valence-corrected chi connectivity index (χ2v) is 18.0. The maximum absolute atomic E-state index is 12.2. The van der Waals surface area contributed by atoms with Crippen LogP contribution in [0.4, 0.5) is 0 Å². The van der Waals surface area contributed by atoms with Gasteiger partial charge in [0.05, 0.1) is 6.61 Å². The average molecular weight is 819 g/mol. The van der Waals surface area contributed by atoms with Gasteiger partial charge in [-0.1, -0.05) is 257 Å². The highest BCUT2D eigenvalue weighted by atomic mass is 16.6. The van der Waals surface area contributed by atoms with Crippen LogP contribution in [0.1, 0.15) is 296 Å². The van der Waals surface area contributed by atoms with Gasteiger partial charge in [-0.15, -0.1) is 0 Å². The van der Waals surface area contributed by atoms with E-state index in [1.807, 2.05) is 0 Å². The third-order valence-corrected chi connectivity index (χ3v) is 12.1. The summed E-state index contributed by atoms with van der Waals surface area (Å²) < 4.78 is 10.6. The van der Waals surface area contributed by atoms with Crippen LogP contribution >= 0.6 is 0 Å². The Hall–Kier alpha value is -1.36. The number of unbranched alkanes of at least 4 members (excludes halogenated alkanes) is 39. The molecule has 0 fully saturated rings. The highest BCUT2D eigenvalue weighted by Gasteiger charge is 2.16. The summed E-state index contributed by atoms with van der Waals surface area (Å²) in [5.74, 6) is -0.582. The minimum Gasteiger partial charge on any atom is -0.462 e. The van der Waals surface area contributed by atoms with Crippen LogP contribution in [0.5, 0.6) is 0 Å². The van der Waals surface area contributed by atoms with Gasteiger partial charge in [0, 0.05) is 12.8 Å². The molecule has 0 saturated heterocycles. The van der Waals surface area contributed by atoms with Crippen LogP contribution in [0.15, 0.2) is 12.2 Å². The van der Waals surface area contributed by atoms with E-state index in [0.29, 0.717) is 12.8 Å². The van der Waals surface area contributed by atoms with Crippen LogP contribution < -0.4 is 0 Å². The molecule has 0 aromatic carbocycles. The summed E-state index contributed by atoms with van der Waals surface area (Å²) in [5, 5.41) is 9.54. The van der Waals surface area contributed by atoms with Crippen LogP contribution in [0.3, 0.4) is 0 Å². The number of rotatable bonds is 49. The minimum absolute atomic E-state index is 0.0592. The molecule has 58 heavy (non-hydrogen) atoms. The van der Waals surface area contributed by atoms with E-state index in [-0.39, 0.29) is 25.2 Å². The molecule has 1 atom stereocenters. The predicted molar refractivity (Wildman–Crippen MR) is 252 cm³/mol. The fraction of sp³-hybridized carbons (Fsp3) is 0.925. The number of esters is 2. The Morgan fingerprint density at radius 2 is 0.638 bits per heavy atom. The molecule has 0 aliphatic heterocycles. The summed E-state index contributed by atoms with van der Waals surface area (Å²) in [7, 11) is 0. The first-order valence-corrected chi connectivity index (χ1v) is 26.2. The minimum atomic E-state index is -0.762. The maximum atomic E-state index is 12.2. The number of carbonyl (C=O) groups excluding carboxylic acids is 2. The molecule has 0 aromatic rings. The molecule has 5 nitrogen and oxygen atoms in total. The van der Waals surface area contributed by atoms with Gasteiger partial charge in [0.2, 0.25) is 0 Å². The first-order valence-electron chi connectivity index (χ1n) is 26.2. The Kier molecular flexibility index (Phi) is 48.8. The van der Waals surface area contributed by atoms with Crippen LogP contribution in [-0.2, 0) is 19.1 Å². The van der Waals surface area contributed by atoms with Gasteiger partial charge < -0.3 is 14.6 Å². The molecular weight excluding hydrogens is 717 g/mol. The first kappa shape index (κ1) is 56.6. The summed E-state index contributed by atoms with van der Waals surface area (Å²) in [5.41, 5.74) is 0.